The summed E-state index contributed by atoms with van der Waals surface area (Å²) in [5, 5.41) is 0. The van der Waals surface area contributed by atoms with Crippen LogP contribution in [0.25, 0.3) is 0 Å². The summed E-state index contributed by atoms with van der Waals surface area (Å²) in [5.74, 6) is 0. The monoisotopic (exact) mass is 336 g/mol. The minimum absolute atomic E-state index is 0.489. The van der Waals surface area contributed by atoms with Gasteiger partial charge in [0.15, 0.2) is 0 Å². The number of ether oxygens (including phenoxy) is 1. The molecule has 0 radical (unpaired) electrons. The van der Waals surface area contributed by atoms with Crippen LogP contribution in [0.3, 0.4) is 0 Å². The van der Waals surface area contributed by atoms with Crippen LogP contribution < -0.4 is 9.03 Å². The van der Waals surface area contributed by atoms with Gasteiger partial charge in [-0.05, 0) is 24.3 Å². The van der Waals surface area contributed by atoms with Gasteiger partial charge in [0.1, 0.15) is 0 Å². The minimum atomic E-state index is -4.13. The maximum Gasteiger partial charge on any atom is 0.422 e. The van der Waals surface area contributed by atoms with E-state index >= 15 is 0 Å². The Hall–Kier alpha value is -2.19. The molecule has 8 heteroatoms. The lowest BCUT2D eigenvalue weighted by Crippen LogP contribution is -2.42. The van der Waals surface area contributed by atoms with Crippen molar-refractivity contribution in [3.8, 4) is 0 Å². The Balaban J connectivity index is 2.16. The number of hydrogen-bond acceptors (Lipinski definition) is 5. The van der Waals surface area contributed by atoms with E-state index in [2.05, 4.69) is 4.74 Å². The van der Waals surface area contributed by atoms with Crippen LogP contribution in [0.1, 0.15) is 0 Å². The maximum atomic E-state index is 12.6. The lowest BCUT2D eigenvalue weighted by Gasteiger charge is -2.31. The van der Waals surface area contributed by atoms with Crippen molar-refractivity contribution in [2.75, 3.05) is 11.4 Å². The second kappa shape index (κ2) is 5.54. The number of methoxy groups -OCH3 is 1. The summed E-state index contributed by atoms with van der Waals surface area (Å²) in [6.07, 6.45) is -1.03. The summed E-state index contributed by atoms with van der Waals surface area (Å²) in [5.41, 5.74) is 0.977. The number of para-hydroxylation sites is 2. The number of anilines is 2. The Morgan fingerprint density at radius 1 is 1.05 bits per heavy atom. The second-order valence-electron chi connectivity index (χ2n) is 4.40. The van der Waals surface area contributed by atoms with Gasteiger partial charge in [0.05, 0.1) is 18.5 Å². The summed E-state index contributed by atoms with van der Waals surface area (Å²) < 4.78 is 32.6. The molecule has 0 aliphatic carbocycles. The molecule has 0 saturated carbocycles. The summed E-state index contributed by atoms with van der Waals surface area (Å²) in [4.78, 5) is 12.9. The molecule has 0 bridgehead atoms. The molecule has 0 atom stereocenters. The van der Waals surface area contributed by atoms with Crippen LogP contribution in [0, 0.1) is 0 Å². The van der Waals surface area contributed by atoms with E-state index in [1.54, 1.807) is 24.3 Å². The fourth-order valence-electron chi connectivity index (χ4n) is 2.12. The average Bonchev–Trinajstić information content (AvgIpc) is 2.51. The van der Waals surface area contributed by atoms with Gasteiger partial charge in [-0.1, -0.05) is 36.0 Å². The van der Waals surface area contributed by atoms with Gasteiger partial charge in [-0.2, -0.15) is 8.42 Å². The first-order chi connectivity index (χ1) is 10.5. The Labute approximate surface area is 132 Å². The highest BCUT2D eigenvalue weighted by Crippen LogP contribution is 2.48. The van der Waals surface area contributed by atoms with E-state index in [9.17, 15) is 13.2 Å². The number of benzene rings is 2. The van der Waals surface area contributed by atoms with E-state index in [1.807, 2.05) is 29.0 Å². The number of carbonyl (C=O) groups is 1. The molecule has 1 N–H and O–H groups in total. The molecular formula is C14H12N2O4S2. The zero-order valence-corrected chi connectivity index (χ0v) is 13.1. The third-order valence-electron chi connectivity index (χ3n) is 3.03. The average molecular weight is 336 g/mol. The molecule has 1 heterocycles. The topological polar surface area (TPSA) is 75.7 Å². The third-order valence-corrected chi connectivity index (χ3v) is 5.46. The highest BCUT2D eigenvalue weighted by Gasteiger charge is 2.33. The molecule has 0 fully saturated rings. The largest absolute Gasteiger partial charge is 0.452 e. The predicted octanol–water partition coefficient (Wildman–Crippen LogP) is 2.89. The van der Waals surface area contributed by atoms with Crippen molar-refractivity contribution in [1.82, 2.24) is 4.72 Å². The number of nitrogens with zero attached hydrogens (tertiary/aromatic N) is 1. The number of hydrogen-bond donors (Lipinski definition) is 1. The van der Waals surface area contributed by atoms with Crippen molar-refractivity contribution in [2.24, 2.45) is 0 Å². The normalized spacial score (nSPS) is 13.0. The second-order valence-corrected chi connectivity index (χ2v) is 7.00. The molecule has 3 rings (SSSR count). The molecule has 0 unspecified atom stereocenters. The first-order valence-electron chi connectivity index (χ1n) is 6.30. The number of amides is 1. The smallest absolute Gasteiger partial charge is 0.422 e. The van der Waals surface area contributed by atoms with E-state index in [1.165, 1.54) is 11.8 Å². The number of carbonyl (C=O) groups excluding carboxylic acids is 1. The highest BCUT2D eigenvalue weighted by molar-refractivity contribution is 8.00. The van der Waals surface area contributed by atoms with Gasteiger partial charge >= 0.3 is 16.3 Å². The van der Waals surface area contributed by atoms with Crippen molar-refractivity contribution in [2.45, 2.75) is 9.79 Å². The first kappa shape index (κ1) is 14.7. The van der Waals surface area contributed by atoms with Crippen molar-refractivity contribution in [3.63, 3.8) is 0 Å². The number of rotatable bonds is 2. The molecule has 0 spiro atoms. The van der Waals surface area contributed by atoms with E-state index in [4.69, 9.17) is 0 Å². The summed E-state index contributed by atoms with van der Waals surface area (Å²) in [7, 11) is -3.02. The summed E-state index contributed by atoms with van der Waals surface area (Å²) >= 11 is 1.48. The minimum Gasteiger partial charge on any atom is -0.452 e. The SMILES string of the molecule is COC(=O)NS(=O)(=O)N1c2ccccc2Sc2ccccc21. The lowest BCUT2D eigenvalue weighted by atomic mass is 10.2. The lowest BCUT2D eigenvalue weighted by molar-refractivity contribution is 0.177. The van der Waals surface area contributed by atoms with Crippen LogP contribution in [0.4, 0.5) is 16.2 Å². The van der Waals surface area contributed by atoms with Crippen molar-refractivity contribution in [3.05, 3.63) is 48.5 Å². The summed E-state index contributed by atoms with van der Waals surface area (Å²) in [6, 6.07) is 14.2. The predicted molar refractivity (Wildman–Crippen MR) is 83.6 cm³/mol. The molecule has 6 nitrogen and oxygen atoms in total. The van der Waals surface area contributed by atoms with E-state index in [0.29, 0.717) is 11.4 Å². The molecule has 0 saturated heterocycles. The van der Waals surface area contributed by atoms with Gasteiger partial charge in [-0.3, -0.25) is 0 Å². The van der Waals surface area contributed by atoms with Crippen LogP contribution in [-0.2, 0) is 14.9 Å². The van der Waals surface area contributed by atoms with Crippen LogP contribution in [0.2, 0.25) is 0 Å². The Bertz CT molecular complexity index is 791. The summed E-state index contributed by atoms with van der Waals surface area (Å²) in [6.45, 7) is 0. The molecule has 1 amide bonds. The first-order valence-corrected chi connectivity index (χ1v) is 8.55. The molecule has 2 aromatic rings. The Morgan fingerprint density at radius 3 is 2.05 bits per heavy atom. The van der Waals surface area contributed by atoms with E-state index < -0.39 is 16.3 Å². The zero-order chi connectivity index (χ0) is 15.7. The fourth-order valence-corrected chi connectivity index (χ4v) is 4.52. The standard InChI is InChI=1S/C14H12N2O4S2/c1-20-14(17)15-22(18,19)16-10-6-2-4-8-12(10)21-13-9-5-3-7-11(13)16/h2-9H,1H3,(H,15,17). The van der Waals surface area contributed by atoms with Crippen LogP contribution in [-0.4, -0.2) is 21.6 Å². The van der Waals surface area contributed by atoms with Gasteiger partial charge in [0.2, 0.25) is 0 Å². The quantitative estimate of drug-likeness (QED) is 0.912. The molecule has 1 aliphatic rings. The van der Waals surface area contributed by atoms with E-state index in [-0.39, 0.29) is 0 Å². The highest BCUT2D eigenvalue weighted by atomic mass is 32.2. The number of nitrogens with one attached hydrogen (secondary N) is 1. The maximum absolute atomic E-state index is 12.6. The number of fused-ring (bicyclic) bond motifs is 2. The van der Waals surface area contributed by atoms with Crippen LogP contribution in [0.5, 0.6) is 0 Å². The molecule has 2 aromatic carbocycles. The molecule has 114 valence electrons. The Kier molecular flexibility index (Phi) is 3.71. The molecule has 0 aromatic heterocycles. The molecule has 1 aliphatic heterocycles. The van der Waals surface area contributed by atoms with Crippen LogP contribution in [0.15, 0.2) is 58.3 Å². The molecular weight excluding hydrogens is 324 g/mol. The van der Waals surface area contributed by atoms with Gasteiger partial charge < -0.3 is 4.74 Å². The third kappa shape index (κ3) is 2.51. The van der Waals surface area contributed by atoms with Gasteiger partial charge in [-0.25, -0.2) is 13.8 Å². The van der Waals surface area contributed by atoms with Gasteiger partial charge in [0.25, 0.3) is 0 Å². The van der Waals surface area contributed by atoms with Gasteiger partial charge in [-0.15, -0.1) is 0 Å². The Morgan fingerprint density at radius 2 is 1.55 bits per heavy atom. The zero-order valence-electron chi connectivity index (χ0n) is 11.5. The molecule has 22 heavy (non-hydrogen) atoms. The van der Waals surface area contributed by atoms with Crippen LogP contribution >= 0.6 is 11.8 Å². The van der Waals surface area contributed by atoms with Crippen molar-refractivity contribution >= 4 is 39.4 Å². The van der Waals surface area contributed by atoms with Gasteiger partial charge in [0, 0.05) is 9.79 Å². The van der Waals surface area contributed by atoms with Crippen molar-refractivity contribution < 1.29 is 17.9 Å². The van der Waals surface area contributed by atoms with Crippen molar-refractivity contribution in [1.29, 1.82) is 0 Å². The fraction of sp³-hybridized carbons (Fsp3) is 0.0714. The van der Waals surface area contributed by atoms with E-state index in [0.717, 1.165) is 21.2 Å².